The lowest BCUT2D eigenvalue weighted by Gasteiger charge is -2.07. The van der Waals surface area contributed by atoms with Crippen LogP contribution in [0.15, 0.2) is 36.5 Å². The van der Waals surface area contributed by atoms with E-state index in [0.717, 1.165) is 41.0 Å². The van der Waals surface area contributed by atoms with E-state index in [1.165, 1.54) is 32.1 Å². The zero-order chi connectivity index (χ0) is 18.2. The van der Waals surface area contributed by atoms with Crippen LogP contribution < -0.4 is 10.1 Å². The molecule has 0 bridgehead atoms. The van der Waals surface area contributed by atoms with Gasteiger partial charge < -0.3 is 15.0 Å². The fraction of sp³-hybridized carbons (Fsp3) is 0.429. The van der Waals surface area contributed by atoms with Gasteiger partial charge in [-0.05, 0) is 38.6 Å². The topological polar surface area (TPSA) is 62.8 Å². The fourth-order valence-electron chi connectivity index (χ4n) is 3.20. The molecule has 2 heterocycles. The van der Waals surface area contributed by atoms with Crippen LogP contribution in [0.25, 0.3) is 22.2 Å². The summed E-state index contributed by atoms with van der Waals surface area (Å²) in [4.78, 5) is 12.6. The molecule has 3 rings (SSSR count). The van der Waals surface area contributed by atoms with E-state index in [-0.39, 0.29) is 0 Å². The lowest BCUT2D eigenvalue weighted by Crippen LogP contribution is -2.06. The van der Waals surface area contributed by atoms with Crippen molar-refractivity contribution in [1.29, 1.82) is 0 Å². The Labute approximate surface area is 155 Å². The molecule has 0 spiro atoms. The molecular formula is C21H28N4O. The van der Waals surface area contributed by atoms with Gasteiger partial charge in [-0.25, -0.2) is 9.97 Å². The number of fused-ring (bicyclic) bond motifs is 1. The molecule has 3 aromatic rings. The van der Waals surface area contributed by atoms with Gasteiger partial charge >= 0.3 is 0 Å². The number of H-pyrrole nitrogens is 1. The summed E-state index contributed by atoms with van der Waals surface area (Å²) < 4.78 is 5.50. The van der Waals surface area contributed by atoms with Crippen molar-refractivity contribution in [2.75, 3.05) is 20.7 Å². The first kappa shape index (κ1) is 18.4. The minimum Gasteiger partial charge on any atom is -0.480 e. The van der Waals surface area contributed by atoms with Gasteiger partial charge in [0, 0.05) is 11.8 Å². The summed E-state index contributed by atoms with van der Waals surface area (Å²) >= 11 is 0. The molecule has 0 fully saturated rings. The highest BCUT2D eigenvalue weighted by atomic mass is 16.5. The monoisotopic (exact) mass is 352 g/mol. The molecule has 2 aromatic heterocycles. The average Bonchev–Trinajstić information content (AvgIpc) is 3.15. The van der Waals surface area contributed by atoms with Crippen LogP contribution >= 0.6 is 0 Å². The first-order chi connectivity index (χ1) is 12.8. The molecule has 26 heavy (non-hydrogen) atoms. The Morgan fingerprint density at radius 1 is 1.08 bits per heavy atom. The Bertz CT molecular complexity index is 828. The number of aromatic amines is 1. The summed E-state index contributed by atoms with van der Waals surface area (Å²) in [6.07, 6.45) is 9.13. The van der Waals surface area contributed by atoms with Crippen LogP contribution in [0.3, 0.4) is 0 Å². The van der Waals surface area contributed by atoms with Gasteiger partial charge in [0.05, 0.1) is 30.1 Å². The van der Waals surface area contributed by atoms with Gasteiger partial charge in [-0.15, -0.1) is 0 Å². The Kier molecular flexibility index (Phi) is 6.61. The van der Waals surface area contributed by atoms with Crippen molar-refractivity contribution in [3.8, 4) is 17.1 Å². The number of hydrogen-bond donors (Lipinski definition) is 2. The first-order valence-electron chi connectivity index (χ1n) is 9.44. The Morgan fingerprint density at radius 2 is 1.88 bits per heavy atom. The molecule has 138 valence electrons. The van der Waals surface area contributed by atoms with E-state index < -0.39 is 0 Å². The van der Waals surface area contributed by atoms with E-state index in [4.69, 9.17) is 4.74 Å². The van der Waals surface area contributed by atoms with E-state index in [0.29, 0.717) is 5.88 Å². The van der Waals surface area contributed by atoms with Crippen LogP contribution in [-0.4, -0.2) is 35.7 Å². The minimum atomic E-state index is 0.628. The number of imidazole rings is 1. The van der Waals surface area contributed by atoms with E-state index in [1.54, 1.807) is 7.11 Å². The molecule has 1 aromatic carbocycles. The molecule has 5 heteroatoms. The maximum atomic E-state index is 5.50. The Morgan fingerprint density at radius 3 is 2.73 bits per heavy atom. The molecule has 0 aliphatic heterocycles. The van der Waals surface area contributed by atoms with Crippen molar-refractivity contribution in [2.45, 2.75) is 38.5 Å². The number of nitrogens with zero attached hydrogens (tertiary/aromatic N) is 2. The van der Waals surface area contributed by atoms with E-state index in [1.807, 2.05) is 31.4 Å². The number of para-hydroxylation sites is 1. The van der Waals surface area contributed by atoms with E-state index in [2.05, 4.69) is 32.4 Å². The number of aromatic nitrogens is 3. The number of rotatable bonds is 10. The molecule has 0 aliphatic rings. The predicted molar refractivity (Wildman–Crippen MR) is 107 cm³/mol. The third kappa shape index (κ3) is 4.61. The summed E-state index contributed by atoms with van der Waals surface area (Å²) in [5.74, 6) is 1.66. The number of benzene rings is 1. The van der Waals surface area contributed by atoms with Crippen molar-refractivity contribution in [3.05, 3.63) is 42.4 Å². The van der Waals surface area contributed by atoms with Crippen LogP contribution in [0.4, 0.5) is 0 Å². The summed E-state index contributed by atoms with van der Waals surface area (Å²) in [7, 11) is 3.67. The third-order valence-electron chi connectivity index (χ3n) is 4.64. The quantitative estimate of drug-likeness (QED) is 0.533. The van der Waals surface area contributed by atoms with Crippen molar-refractivity contribution in [1.82, 2.24) is 20.3 Å². The normalized spacial score (nSPS) is 11.2. The highest BCUT2D eigenvalue weighted by Gasteiger charge is 2.12. The molecule has 0 unspecified atom stereocenters. The predicted octanol–water partition coefficient (Wildman–Crippen LogP) is 4.35. The van der Waals surface area contributed by atoms with Crippen LogP contribution in [0, 0.1) is 0 Å². The van der Waals surface area contributed by atoms with Crippen LogP contribution in [0.5, 0.6) is 5.88 Å². The number of hydrogen-bond acceptors (Lipinski definition) is 4. The van der Waals surface area contributed by atoms with Gasteiger partial charge in [0.25, 0.3) is 0 Å². The summed E-state index contributed by atoms with van der Waals surface area (Å²) in [5, 5.41) is 4.29. The molecule has 2 N–H and O–H groups in total. The molecule has 0 saturated heterocycles. The van der Waals surface area contributed by atoms with Gasteiger partial charge in [0.15, 0.2) is 0 Å². The SMILES string of the molecule is CNCCCCCCCc1ncc(-c2cc3ccccc3nc2OC)[nH]1. The number of unbranched alkanes of at least 4 members (excludes halogenated alkanes) is 4. The lowest BCUT2D eigenvalue weighted by molar-refractivity contribution is 0.401. The smallest absolute Gasteiger partial charge is 0.223 e. The van der Waals surface area contributed by atoms with Crippen LogP contribution in [-0.2, 0) is 6.42 Å². The zero-order valence-electron chi connectivity index (χ0n) is 15.7. The standard InChI is InChI=1S/C21H28N4O/c1-22-13-9-5-3-4-6-12-20-23-15-19(24-20)17-14-16-10-7-8-11-18(16)25-21(17)26-2/h7-8,10-11,14-15,22H,3-6,9,12-13H2,1-2H3,(H,23,24). The van der Waals surface area contributed by atoms with Gasteiger partial charge in [-0.1, -0.05) is 37.5 Å². The summed E-state index contributed by atoms with van der Waals surface area (Å²) in [6, 6.07) is 10.2. The highest BCUT2D eigenvalue weighted by Crippen LogP contribution is 2.30. The fourth-order valence-corrected chi connectivity index (χ4v) is 3.20. The zero-order valence-corrected chi connectivity index (χ0v) is 15.7. The molecule has 5 nitrogen and oxygen atoms in total. The lowest BCUT2D eigenvalue weighted by atomic mass is 10.1. The number of pyridine rings is 1. The number of aryl methyl sites for hydroxylation is 1. The third-order valence-corrected chi connectivity index (χ3v) is 4.64. The van der Waals surface area contributed by atoms with Gasteiger partial charge in [-0.2, -0.15) is 0 Å². The summed E-state index contributed by atoms with van der Waals surface area (Å²) in [6.45, 7) is 1.11. The number of ether oxygens (including phenoxy) is 1. The Hall–Kier alpha value is -2.40. The van der Waals surface area contributed by atoms with Crippen molar-refractivity contribution >= 4 is 10.9 Å². The van der Waals surface area contributed by atoms with Gasteiger partial charge in [0.1, 0.15) is 5.82 Å². The molecule has 0 atom stereocenters. The maximum absolute atomic E-state index is 5.50. The molecule has 0 amide bonds. The number of nitrogens with one attached hydrogen (secondary N) is 2. The molecule has 0 saturated carbocycles. The van der Waals surface area contributed by atoms with Crippen LogP contribution in [0.2, 0.25) is 0 Å². The second kappa shape index (κ2) is 9.34. The largest absolute Gasteiger partial charge is 0.480 e. The van der Waals surface area contributed by atoms with Gasteiger partial charge in [0.2, 0.25) is 5.88 Å². The molecule has 0 aliphatic carbocycles. The van der Waals surface area contributed by atoms with E-state index >= 15 is 0 Å². The number of methoxy groups -OCH3 is 1. The van der Waals surface area contributed by atoms with Crippen molar-refractivity contribution in [2.24, 2.45) is 0 Å². The molecular weight excluding hydrogens is 324 g/mol. The molecule has 0 radical (unpaired) electrons. The second-order valence-corrected chi connectivity index (χ2v) is 6.60. The van der Waals surface area contributed by atoms with Crippen molar-refractivity contribution < 1.29 is 4.74 Å². The minimum absolute atomic E-state index is 0.628. The second-order valence-electron chi connectivity index (χ2n) is 6.60. The Balaban J connectivity index is 1.63. The average molecular weight is 352 g/mol. The first-order valence-corrected chi connectivity index (χ1v) is 9.44. The van der Waals surface area contributed by atoms with Gasteiger partial charge in [-0.3, -0.25) is 0 Å². The van der Waals surface area contributed by atoms with Crippen LogP contribution in [0.1, 0.15) is 37.9 Å². The highest BCUT2D eigenvalue weighted by molar-refractivity contribution is 5.85. The van der Waals surface area contributed by atoms with Crippen molar-refractivity contribution in [3.63, 3.8) is 0 Å². The maximum Gasteiger partial charge on any atom is 0.223 e. The van der Waals surface area contributed by atoms with E-state index in [9.17, 15) is 0 Å². The summed E-state index contributed by atoms with van der Waals surface area (Å²) in [5.41, 5.74) is 2.85.